The van der Waals surface area contributed by atoms with Gasteiger partial charge in [-0.05, 0) is 0 Å². The van der Waals surface area contributed by atoms with Crippen LogP contribution in [0.15, 0.2) is 18.2 Å². The average Bonchev–Trinajstić information content (AvgIpc) is 2.62. The summed E-state index contributed by atoms with van der Waals surface area (Å²) in [6, 6.07) is 5.86. The van der Waals surface area contributed by atoms with E-state index in [0.717, 1.165) is 16.9 Å². The van der Waals surface area contributed by atoms with Crippen molar-refractivity contribution in [1.29, 1.82) is 5.41 Å². The van der Waals surface area contributed by atoms with Gasteiger partial charge < -0.3 is 10.6 Å². The number of hydrogen-bond acceptors (Lipinski definition) is 4. The smallest absolute Gasteiger partial charge is 0.175 e. The second kappa shape index (κ2) is 5.25. The molecule has 1 aliphatic rings. The summed E-state index contributed by atoms with van der Waals surface area (Å²) in [6.45, 7) is 0.494. The van der Waals surface area contributed by atoms with Crippen LogP contribution in [0.3, 0.4) is 0 Å². The van der Waals surface area contributed by atoms with Crippen molar-refractivity contribution in [3.63, 3.8) is 0 Å². The first-order valence-corrected chi connectivity index (χ1v) is 5.13. The highest BCUT2D eigenvalue weighted by molar-refractivity contribution is 8.13. The zero-order chi connectivity index (χ0) is 9.97. The lowest BCUT2D eigenvalue weighted by atomic mass is 10.1. The number of fused-ring (bicyclic) bond motifs is 1. The predicted octanol–water partition coefficient (Wildman–Crippen LogP) is 2.06. The van der Waals surface area contributed by atoms with Crippen molar-refractivity contribution in [3.8, 4) is 5.75 Å². The van der Waals surface area contributed by atoms with Gasteiger partial charge in [-0.2, -0.15) is 4.89 Å². The first kappa shape index (κ1) is 12.2. The van der Waals surface area contributed by atoms with Crippen LogP contribution < -0.4 is 10.6 Å². The lowest BCUT2D eigenvalue weighted by molar-refractivity contribution is -0.194. The van der Waals surface area contributed by atoms with Crippen LogP contribution in [0, 0.1) is 5.41 Å². The van der Waals surface area contributed by atoms with Gasteiger partial charge in [-0.25, -0.2) is 0 Å². The van der Waals surface area contributed by atoms with Crippen LogP contribution in [0.25, 0.3) is 0 Å². The minimum Gasteiger partial charge on any atom is -0.379 e. The summed E-state index contributed by atoms with van der Waals surface area (Å²) < 4.78 is 0. The summed E-state index contributed by atoms with van der Waals surface area (Å²) in [6.07, 6.45) is 0. The van der Waals surface area contributed by atoms with Gasteiger partial charge in [0.1, 0.15) is 6.61 Å². The Labute approximate surface area is 98.0 Å². The maximum atomic E-state index is 7.11. The van der Waals surface area contributed by atoms with Gasteiger partial charge in [0, 0.05) is 16.9 Å². The van der Waals surface area contributed by atoms with Crippen molar-refractivity contribution in [2.75, 3.05) is 0 Å². The highest BCUT2D eigenvalue weighted by atomic mass is 35.5. The molecule has 1 aromatic carbocycles. The van der Waals surface area contributed by atoms with E-state index in [0.29, 0.717) is 12.4 Å². The van der Waals surface area contributed by atoms with Gasteiger partial charge in [0.25, 0.3) is 0 Å². The molecule has 15 heavy (non-hydrogen) atoms. The first-order valence-electron chi connectivity index (χ1n) is 4.14. The molecule has 0 unspecified atom stereocenters. The van der Waals surface area contributed by atoms with Gasteiger partial charge >= 0.3 is 0 Å². The van der Waals surface area contributed by atoms with Crippen LogP contribution in [0.5, 0.6) is 5.75 Å². The third-order valence-electron chi connectivity index (χ3n) is 1.92. The number of amidine groups is 1. The molecule has 3 N–H and O–H groups in total. The van der Waals surface area contributed by atoms with E-state index in [2.05, 4.69) is 0 Å². The summed E-state index contributed by atoms with van der Waals surface area (Å²) in [5.74, 6) is 1.42. The Morgan fingerprint density at radius 2 is 2.33 bits per heavy atom. The van der Waals surface area contributed by atoms with Crippen molar-refractivity contribution < 1.29 is 9.78 Å². The number of rotatable bonds is 2. The predicted molar refractivity (Wildman–Crippen MR) is 62.3 cm³/mol. The van der Waals surface area contributed by atoms with Crippen LogP contribution in [0.1, 0.15) is 11.1 Å². The molecule has 0 aliphatic carbocycles. The topological polar surface area (TPSA) is 68.3 Å². The molecule has 0 fully saturated rings. The van der Waals surface area contributed by atoms with E-state index < -0.39 is 0 Å². The number of thioether (sulfide) groups is 1. The monoisotopic (exact) mass is 246 g/mol. The number of hydrogen-bond donors (Lipinski definition) is 2. The maximum absolute atomic E-state index is 7.11. The molecule has 0 atom stereocenters. The van der Waals surface area contributed by atoms with Gasteiger partial charge in [0.2, 0.25) is 0 Å². The van der Waals surface area contributed by atoms with Gasteiger partial charge in [-0.15, -0.1) is 12.4 Å². The zero-order valence-electron chi connectivity index (χ0n) is 7.86. The van der Waals surface area contributed by atoms with Crippen molar-refractivity contribution in [2.24, 2.45) is 5.73 Å². The highest BCUT2D eigenvalue weighted by Crippen LogP contribution is 2.32. The normalized spacial score (nSPS) is 12.5. The van der Waals surface area contributed by atoms with Crippen molar-refractivity contribution in [2.45, 2.75) is 12.4 Å². The van der Waals surface area contributed by atoms with E-state index in [1.807, 2.05) is 18.2 Å². The van der Waals surface area contributed by atoms with E-state index in [1.54, 1.807) is 0 Å². The molecule has 0 spiro atoms. The minimum absolute atomic E-state index is 0. The third kappa shape index (κ3) is 2.77. The first-order chi connectivity index (χ1) is 6.77. The largest absolute Gasteiger partial charge is 0.379 e. The number of para-hydroxylation sites is 1. The molecule has 0 bridgehead atoms. The average molecular weight is 247 g/mol. The van der Waals surface area contributed by atoms with E-state index in [4.69, 9.17) is 20.9 Å². The zero-order valence-corrected chi connectivity index (χ0v) is 9.49. The molecule has 0 radical (unpaired) electrons. The Morgan fingerprint density at radius 3 is 3.07 bits per heavy atom. The molecule has 0 aromatic heterocycles. The van der Waals surface area contributed by atoms with Crippen LogP contribution in [-0.2, 0) is 17.2 Å². The molecule has 2 rings (SSSR count). The van der Waals surface area contributed by atoms with Gasteiger partial charge in [-0.3, -0.25) is 5.41 Å². The summed E-state index contributed by atoms with van der Waals surface area (Å²) in [5.41, 5.74) is 7.32. The Kier molecular flexibility index (Phi) is 4.26. The van der Waals surface area contributed by atoms with E-state index >= 15 is 0 Å². The fourth-order valence-electron chi connectivity index (χ4n) is 1.28. The van der Waals surface area contributed by atoms with Crippen LogP contribution >= 0.6 is 24.2 Å². The summed E-state index contributed by atoms with van der Waals surface area (Å²) in [5, 5.41) is 7.22. The molecule has 1 aromatic rings. The Bertz CT molecular complexity index is 373. The van der Waals surface area contributed by atoms with Gasteiger partial charge in [0.05, 0.1) is 0 Å². The van der Waals surface area contributed by atoms with Crippen molar-refractivity contribution >= 4 is 29.3 Å². The molecule has 0 saturated carbocycles. The van der Waals surface area contributed by atoms with E-state index in [-0.39, 0.29) is 17.6 Å². The Hall–Kier alpha value is -0.910. The SMILES string of the molecule is Cl.N=C(N)SCc1cccc2c1OOC2. The maximum Gasteiger partial charge on any atom is 0.175 e. The minimum atomic E-state index is 0. The van der Waals surface area contributed by atoms with Crippen molar-refractivity contribution in [3.05, 3.63) is 29.3 Å². The molecule has 6 heteroatoms. The van der Waals surface area contributed by atoms with E-state index in [1.165, 1.54) is 11.8 Å². The molecule has 0 amide bonds. The fourth-order valence-corrected chi connectivity index (χ4v) is 1.82. The standard InChI is InChI=1S/C9H10N2O2S.ClH/c10-9(11)14-5-7-3-1-2-6-4-12-13-8(6)7;/h1-3H,4-5H2,(H3,10,11);1H. The lowest BCUT2D eigenvalue weighted by Gasteiger charge is -2.03. The van der Waals surface area contributed by atoms with Crippen LogP contribution in [-0.4, -0.2) is 5.17 Å². The summed E-state index contributed by atoms with van der Waals surface area (Å²) in [7, 11) is 0. The number of halogens is 1. The quantitative estimate of drug-likeness (QED) is 0.476. The molecular weight excluding hydrogens is 236 g/mol. The molecular formula is C9H11ClN2O2S. The highest BCUT2D eigenvalue weighted by Gasteiger charge is 2.17. The second-order valence-electron chi connectivity index (χ2n) is 2.90. The molecule has 1 heterocycles. The molecule has 1 aliphatic heterocycles. The fraction of sp³-hybridized carbons (Fsp3) is 0.222. The summed E-state index contributed by atoms with van der Waals surface area (Å²) >= 11 is 1.28. The van der Waals surface area contributed by atoms with Gasteiger partial charge in [-0.1, -0.05) is 30.0 Å². The number of nitrogens with two attached hydrogens (primary N) is 1. The van der Waals surface area contributed by atoms with Gasteiger partial charge in [0.15, 0.2) is 10.9 Å². The molecule has 82 valence electrons. The van der Waals surface area contributed by atoms with Crippen LogP contribution in [0.2, 0.25) is 0 Å². The molecule has 0 saturated heterocycles. The third-order valence-corrected chi connectivity index (χ3v) is 2.68. The lowest BCUT2D eigenvalue weighted by Crippen LogP contribution is -2.04. The Balaban J connectivity index is 0.00000112. The van der Waals surface area contributed by atoms with Crippen molar-refractivity contribution in [1.82, 2.24) is 0 Å². The van der Waals surface area contributed by atoms with E-state index in [9.17, 15) is 0 Å². The summed E-state index contributed by atoms with van der Waals surface area (Å²) in [4.78, 5) is 9.91. The van der Waals surface area contributed by atoms with Crippen LogP contribution in [0.4, 0.5) is 0 Å². The Morgan fingerprint density at radius 1 is 1.53 bits per heavy atom. The number of nitrogens with one attached hydrogen (secondary N) is 1. The molecule has 4 nitrogen and oxygen atoms in total. The second-order valence-corrected chi connectivity index (χ2v) is 3.92. The number of benzene rings is 1.